The number of aromatic nitrogens is 4. The van der Waals surface area contributed by atoms with Crippen molar-refractivity contribution in [3.63, 3.8) is 0 Å². The highest BCUT2D eigenvalue weighted by Crippen LogP contribution is 2.29. The maximum atomic E-state index is 12.6. The number of hydrogen-bond acceptors (Lipinski definition) is 8. The van der Waals surface area contributed by atoms with E-state index in [0.717, 1.165) is 53.7 Å². The first-order valence-corrected chi connectivity index (χ1v) is 12.5. The Morgan fingerprint density at radius 2 is 1.97 bits per heavy atom. The van der Waals surface area contributed by atoms with Crippen LogP contribution in [0.3, 0.4) is 0 Å². The molecule has 1 saturated heterocycles. The first kappa shape index (κ1) is 22.4. The Kier molecular flexibility index (Phi) is 6.48. The molecule has 0 radical (unpaired) electrons. The fourth-order valence-corrected chi connectivity index (χ4v) is 4.76. The highest BCUT2D eigenvalue weighted by molar-refractivity contribution is 7.99. The molecule has 4 aromatic rings. The van der Waals surface area contributed by atoms with Crippen LogP contribution in [0, 0.1) is 0 Å². The van der Waals surface area contributed by atoms with Gasteiger partial charge in [-0.15, -0.1) is 0 Å². The van der Waals surface area contributed by atoms with Gasteiger partial charge in [0.15, 0.2) is 22.0 Å². The first-order chi connectivity index (χ1) is 16.6. The van der Waals surface area contributed by atoms with Gasteiger partial charge in [-0.3, -0.25) is 9.59 Å². The number of fused-ring (bicyclic) bond motifs is 2. The number of nitrogens with one attached hydrogen (secondary N) is 1. The molecule has 1 amide bonds. The molecule has 10 heteroatoms. The average Bonchev–Trinajstić information content (AvgIpc) is 3.27. The molecule has 1 aromatic carbocycles. The summed E-state index contributed by atoms with van der Waals surface area (Å²) < 4.78 is 7.42. The number of nitrogens with zero attached hydrogens (tertiary/aromatic N) is 5. The van der Waals surface area contributed by atoms with E-state index in [2.05, 4.69) is 22.2 Å². The van der Waals surface area contributed by atoms with Crippen molar-refractivity contribution in [2.45, 2.75) is 37.9 Å². The summed E-state index contributed by atoms with van der Waals surface area (Å²) in [4.78, 5) is 36.8. The van der Waals surface area contributed by atoms with Crippen molar-refractivity contribution in [3.8, 4) is 0 Å². The molecule has 0 bridgehead atoms. The van der Waals surface area contributed by atoms with Gasteiger partial charge in [0.25, 0.3) is 5.91 Å². The second-order valence-electron chi connectivity index (χ2n) is 8.14. The molecule has 34 heavy (non-hydrogen) atoms. The number of amides is 1. The molecular weight excluding hydrogens is 452 g/mol. The summed E-state index contributed by atoms with van der Waals surface area (Å²) in [7, 11) is 0. The third kappa shape index (κ3) is 4.50. The Labute approximate surface area is 200 Å². The van der Waals surface area contributed by atoms with Crippen LogP contribution in [0.15, 0.2) is 50.9 Å². The highest BCUT2D eigenvalue weighted by atomic mass is 32.2. The standard InChI is InChI=1S/C24H26N6O3S/c1-2-34-24-27-21(29-11-6-3-7-12-29)17-15-26-30(22(17)28-24)13-10-25-23(32)20-14-18(31)16-8-4-5-9-19(16)33-20/h4-5,8-9,14-15H,2-3,6-7,10-13H2,1H3,(H,25,32). The van der Waals surface area contributed by atoms with E-state index in [9.17, 15) is 9.59 Å². The lowest BCUT2D eigenvalue weighted by atomic mass is 10.1. The largest absolute Gasteiger partial charge is 0.451 e. The van der Waals surface area contributed by atoms with Crippen LogP contribution < -0.4 is 15.6 Å². The van der Waals surface area contributed by atoms with Gasteiger partial charge in [-0.25, -0.2) is 14.6 Å². The lowest BCUT2D eigenvalue weighted by Gasteiger charge is -2.28. The first-order valence-electron chi connectivity index (χ1n) is 11.6. The van der Waals surface area contributed by atoms with E-state index in [-0.39, 0.29) is 11.2 Å². The van der Waals surface area contributed by atoms with E-state index in [0.29, 0.717) is 24.1 Å². The number of benzene rings is 1. The van der Waals surface area contributed by atoms with Gasteiger partial charge in [0.05, 0.1) is 23.5 Å². The molecular formula is C24H26N6O3S. The summed E-state index contributed by atoms with van der Waals surface area (Å²) in [6.45, 7) is 4.79. The second-order valence-corrected chi connectivity index (χ2v) is 9.37. The minimum Gasteiger partial charge on any atom is -0.451 e. The van der Waals surface area contributed by atoms with Crippen molar-refractivity contribution in [1.29, 1.82) is 0 Å². The van der Waals surface area contributed by atoms with Crippen LogP contribution in [-0.4, -0.2) is 51.0 Å². The van der Waals surface area contributed by atoms with E-state index in [1.165, 1.54) is 12.5 Å². The number of carbonyl (C=O) groups excluding carboxylic acids is 1. The van der Waals surface area contributed by atoms with Gasteiger partial charge < -0.3 is 14.6 Å². The zero-order valence-corrected chi connectivity index (χ0v) is 19.8. The number of piperidine rings is 1. The van der Waals surface area contributed by atoms with Crippen molar-refractivity contribution in [3.05, 3.63) is 52.5 Å². The Morgan fingerprint density at radius 1 is 1.15 bits per heavy atom. The van der Waals surface area contributed by atoms with E-state index >= 15 is 0 Å². The van der Waals surface area contributed by atoms with Crippen molar-refractivity contribution in [2.75, 3.05) is 30.3 Å². The minimum absolute atomic E-state index is 0.00892. The monoisotopic (exact) mass is 478 g/mol. The van der Waals surface area contributed by atoms with Gasteiger partial charge in [-0.2, -0.15) is 5.10 Å². The Balaban J connectivity index is 1.34. The SMILES string of the molecule is CCSc1nc(N2CCCCC2)c2cnn(CCNC(=O)c3cc(=O)c4ccccc4o3)c2n1. The highest BCUT2D eigenvalue weighted by Gasteiger charge is 2.20. The Bertz CT molecular complexity index is 1390. The summed E-state index contributed by atoms with van der Waals surface area (Å²) in [6, 6.07) is 8.11. The number of hydrogen-bond donors (Lipinski definition) is 1. The van der Waals surface area contributed by atoms with Gasteiger partial charge in [0.2, 0.25) is 0 Å². The molecule has 0 saturated carbocycles. The number of carbonyl (C=O) groups is 1. The molecule has 1 aliphatic rings. The van der Waals surface area contributed by atoms with Crippen LogP contribution in [-0.2, 0) is 6.54 Å². The van der Waals surface area contributed by atoms with Crippen LogP contribution >= 0.6 is 11.8 Å². The second kappa shape index (κ2) is 9.84. The maximum Gasteiger partial charge on any atom is 0.287 e. The van der Waals surface area contributed by atoms with E-state index in [1.54, 1.807) is 40.7 Å². The molecule has 9 nitrogen and oxygen atoms in total. The molecule has 1 fully saturated rings. The summed E-state index contributed by atoms with van der Waals surface area (Å²) in [5, 5.41) is 9.46. The lowest BCUT2D eigenvalue weighted by molar-refractivity contribution is 0.0925. The average molecular weight is 479 g/mol. The Hall–Kier alpha value is -3.40. The molecule has 0 spiro atoms. The normalized spacial score (nSPS) is 14.1. The quantitative estimate of drug-likeness (QED) is 0.318. The van der Waals surface area contributed by atoms with Crippen LogP contribution in [0.4, 0.5) is 5.82 Å². The topological polar surface area (TPSA) is 106 Å². The predicted octanol–water partition coefficient (Wildman–Crippen LogP) is 3.47. The number of thioether (sulfide) groups is 1. The molecule has 1 aliphatic heterocycles. The summed E-state index contributed by atoms with van der Waals surface area (Å²) in [5.74, 6) is 1.37. The number of rotatable bonds is 7. The maximum absolute atomic E-state index is 12.6. The van der Waals surface area contributed by atoms with E-state index in [4.69, 9.17) is 14.4 Å². The van der Waals surface area contributed by atoms with Gasteiger partial charge >= 0.3 is 0 Å². The predicted molar refractivity (Wildman–Crippen MR) is 133 cm³/mol. The van der Waals surface area contributed by atoms with Gasteiger partial charge in [0.1, 0.15) is 11.4 Å². The van der Waals surface area contributed by atoms with Crippen LogP contribution in [0.1, 0.15) is 36.7 Å². The van der Waals surface area contributed by atoms with Gasteiger partial charge in [0, 0.05) is 25.7 Å². The third-order valence-corrected chi connectivity index (χ3v) is 6.58. The lowest BCUT2D eigenvalue weighted by Crippen LogP contribution is -2.30. The molecule has 5 rings (SSSR count). The van der Waals surface area contributed by atoms with Crippen LogP contribution in [0.25, 0.3) is 22.0 Å². The smallest absolute Gasteiger partial charge is 0.287 e. The summed E-state index contributed by atoms with van der Waals surface area (Å²) in [5.41, 5.74) is 0.909. The van der Waals surface area contributed by atoms with Crippen molar-refractivity contribution >= 4 is 45.5 Å². The molecule has 176 valence electrons. The minimum atomic E-state index is -0.440. The fraction of sp³-hybridized carbons (Fsp3) is 0.375. The fourth-order valence-electron chi connectivity index (χ4n) is 4.20. The van der Waals surface area contributed by atoms with Gasteiger partial charge in [-0.05, 0) is 37.1 Å². The molecule has 1 N–H and O–H groups in total. The molecule has 3 aromatic heterocycles. The van der Waals surface area contributed by atoms with Crippen molar-refractivity contribution in [1.82, 2.24) is 25.1 Å². The Morgan fingerprint density at radius 3 is 2.79 bits per heavy atom. The van der Waals surface area contributed by atoms with Crippen molar-refractivity contribution < 1.29 is 9.21 Å². The molecule has 0 aliphatic carbocycles. The van der Waals surface area contributed by atoms with E-state index in [1.807, 2.05) is 6.20 Å². The number of anilines is 1. The van der Waals surface area contributed by atoms with Crippen molar-refractivity contribution in [2.24, 2.45) is 0 Å². The van der Waals surface area contributed by atoms with Crippen LogP contribution in [0.2, 0.25) is 0 Å². The third-order valence-electron chi connectivity index (χ3n) is 5.85. The molecule has 4 heterocycles. The zero-order valence-electron chi connectivity index (χ0n) is 19.0. The summed E-state index contributed by atoms with van der Waals surface area (Å²) >= 11 is 1.61. The zero-order chi connectivity index (χ0) is 23.5. The molecule has 0 atom stereocenters. The number of para-hydroxylation sites is 1. The van der Waals surface area contributed by atoms with E-state index < -0.39 is 5.91 Å². The summed E-state index contributed by atoms with van der Waals surface area (Å²) in [6.07, 6.45) is 5.38. The van der Waals surface area contributed by atoms with Gasteiger partial charge in [-0.1, -0.05) is 30.8 Å². The molecule has 0 unspecified atom stereocenters. The van der Waals surface area contributed by atoms with Crippen LogP contribution in [0.5, 0.6) is 0 Å².